The van der Waals surface area contributed by atoms with Crippen LogP contribution in [-0.4, -0.2) is 27.5 Å². The molecule has 0 bridgehead atoms. The highest BCUT2D eigenvalue weighted by atomic mass is 35.5. The molecule has 0 fully saturated rings. The minimum absolute atomic E-state index is 0.0265. The summed E-state index contributed by atoms with van der Waals surface area (Å²) in [4.78, 5) is 12.2. The zero-order valence-corrected chi connectivity index (χ0v) is 17.8. The van der Waals surface area contributed by atoms with Gasteiger partial charge in [-0.3, -0.25) is 9.52 Å². The summed E-state index contributed by atoms with van der Waals surface area (Å²) >= 11 is 6.10. The standard InChI is InChI=1S/C22H21ClN2O4S/c1-16-7-10-18(11-8-16)25-30(27,28)21-15-17(9-12-20(21)23)22(26)24-13-14-29-19-5-3-2-4-6-19/h2-12,15,25H,13-14H2,1H3,(H,24,26). The third kappa shape index (κ3) is 5.75. The monoisotopic (exact) mass is 444 g/mol. The minimum atomic E-state index is -3.96. The number of amides is 1. The lowest BCUT2D eigenvalue weighted by Crippen LogP contribution is -2.28. The van der Waals surface area contributed by atoms with Gasteiger partial charge in [0.1, 0.15) is 17.3 Å². The molecular weight excluding hydrogens is 424 g/mol. The number of anilines is 1. The first-order chi connectivity index (χ1) is 14.3. The van der Waals surface area contributed by atoms with E-state index in [2.05, 4.69) is 10.0 Å². The fraction of sp³-hybridized carbons (Fsp3) is 0.136. The Morgan fingerprint density at radius 3 is 2.40 bits per heavy atom. The summed E-state index contributed by atoms with van der Waals surface area (Å²) in [5.41, 5.74) is 1.60. The molecule has 3 aromatic rings. The van der Waals surface area contributed by atoms with Crippen LogP contribution in [0, 0.1) is 6.92 Å². The van der Waals surface area contributed by atoms with Crippen LogP contribution in [0.4, 0.5) is 5.69 Å². The molecule has 8 heteroatoms. The fourth-order valence-electron chi connectivity index (χ4n) is 2.63. The molecule has 0 aliphatic heterocycles. The average Bonchev–Trinajstić information content (AvgIpc) is 2.73. The summed E-state index contributed by atoms with van der Waals surface area (Å²) in [5, 5.41) is 2.73. The van der Waals surface area contributed by atoms with Crippen molar-refractivity contribution >= 4 is 33.2 Å². The highest BCUT2D eigenvalue weighted by molar-refractivity contribution is 7.92. The Labute approximate surface area is 180 Å². The van der Waals surface area contributed by atoms with Gasteiger partial charge in [0.15, 0.2) is 0 Å². The van der Waals surface area contributed by atoms with Crippen LogP contribution in [0.25, 0.3) is 0 Å². The van der Waals surface area contributed by atoms with Gasteiger partial charge in [-0.05, 0) is 49.4 Å². The predicted molar refractivity (Wildman–Crippen MR) is 118 cm³/mol. The van der Waals surface area contributed by atoms with Crippen molar-refractivity contribution in [2.45, 2.75) is 11.8 Å². The Morgan fingerprint density at radius 2 is 1.70 bits per heavy atom. The lowest BCUT2D eigenvalue weighted by Gasteiger charge is -2.12. The van der Waals surface area contributed by atoms with E-state index in [1.165, 1.54) is 18.2 Å². The van der Waals surface area contributed by atoms with Crippen molar-refractivity contribution < 1.29 is 17.9 Å². The molecule has 2 N–H and O–H groups in total. The van der Waals surface area contributed by atoms with Crippen LogP contribution in [-0.2, 0) is 10.0 Å². The third-order valence-electron chi connectivity index (χ3n) is 4.19. The quantitative estimate of drug-likeness (QED) is 0.508. The van der Waals surface area contributed by atoms with E-state index >= 15 is 0 Å². The van der Waals surface area contributed by atoms with E-state index in [-0.39, 0.29) is 28.6 Å². The van der Waals surface area contributed by atoms with E-state index < -0.39 is 15.9 Å². The van der Waals surface area contributed by atoms with E-state index in [1.807, 2.05) is 37.3 Å². The van der Waals surface area contributed by atoms with Crippen LogP contribution in [0.3, 0.4) is 0 Å². The van der Waals surface area contributed by atoms with E-state index in [9.17, 15) is 13.2 Å². The van der Waals surface area contributed by atoms with Crippen molar-refractivity contribution in [1.29, 1.82) is 0 Å². The Hall–Kier alpha value is -3.03. The molecule has 0 unspecified atom stereocenters. The minimum Gasteiger partial charge on any atom is -0.492 e. The molecule has 3 rings (SSSR count). The molecule has 0 aromatic heterocycles. The molecule has 156 valence electrons. The number of sulfonamides is 1. The highest BCUT2D eigenvalue weighted by Gasteiger charge is 2.20. The predicted octanol–water partition coefficient (Wildman–Crippen LogP) is 4.26. The zero-order valence-electron chi connectivity index (χ0n) is 16.3. The molecule has 0 aliphatic rings. The van der Waals surface area contributed by atoms with Gasteiger partial charge in [0.2, 0.25) is 0 Å². The first-order valence-corrected chi connectivity index (χ1v) is 11.1. The summed E-state index contributed by atoms with van der Waals surface area (Å²) in [6, 6.07) is 20.2. The SMILES string of the molecule is Cc1ccc(NS(=O)(=O)c2cc(C(=O)NCCOc3ccccc3)ccc2Cl)cc1. The van der Waals surface area contributed by atoms with Gasteiger partial charge in [0.05, 0.1) is 11.6 Å². The summed E-state index contributed by atoms with van der Waals surface area (Å²) in [5.74, 6) is 0.281. The number of nitrogens with one attached hydrogen (secondary N) is 2. The Kier molecular flexibility index (Phi) is 6.97. The van der Waals surface area contributed by atoms with Crippen molar-refractivity contribution in [3.05, 3.63) is 88.9 Å². The highest BCUT2D eigenvalue weighted by Crippen LogP contribution is 2.25. The van der Waals surface area contributed by atoms with Crippen LogP contribution in [0.5, 0.6) is 5.75 Å². The van der Waals surface area contributed by atoms with Gasteiger partial charge < -0.3 is 10.1 Å². The molecule has 0 saturated heterocycles. The summed E-state index contributed by atoms with van der Waals surface area (Å²) in [6.07, 6.45) is 0. The van der Waals surface area contributed by atoms with Crippen molar-refractivity contribution in [2.24, 2.45) is 0 Å². The molecule has 0 atom stereocenters. The van der Waals surface area contributed by atoms with E-state index in [0.717, 1.165) is 5.56 Å². The molecule has 3 aromatic carbocycles. The lowest BCUT2D eigenvalue weighted by molar-refractivity contribution is 0.0947. The molecule has 0 aliphatic carbocycles. The Balaban J connectivity index is 1.66. The number of para-hydroxylation sites is 1. The van der Waals surface area contributed by atoms with Crippen LogP contribution in [0.2, 0.25) is 5.02 Å². The van der Waals surface area contributed by atoms with Gasteiger partial charge in [-0.1, -0.05) is 47.5 Å². The van der Waals surface area contributed by atoms with E-state index in [4.69, 9.17) is 16.3 Å². The maximum absolute atomic E-state index is 12.8. The average molecular weight is 445 g/mol. The topological polar surface area (TPSA) is 84.5 Å². The molecule has 1 amide bonds. The van der Waals surface area contributed by atoms with Gasteiger partial charge in [0.25, 0.3) is 15.9 Å². The summed E-state index contributed by atoms with van der Waals surface area (Å²) in [7, 11) is -3.96. The molecular formula is C22H21ClN2O4S. The molecule has 0 saturated carbocycles. The number of carbonyl (C=O) groups excluding carboxylic acids is 1. The van der Waals surface area contributed by atoms with Crippen LogP contribution in [0.1, 0.15) is 15.9 Å². The smallest absolute Gasteiger partial charge is 0.263 e. The number of aryl methyl sites for hydroxylation is 1. The van der Waals surface area contributed by atoms with Crippen LogP contribution < -0.4 is 14.8 Å². The molecule has 0 radical (unpaired) electrons. The lowest BCUT2D eigenvalue weighted by atomic mass is 10.2. The van der Waals surface area contributed by atoms with Gasteiger partial charge in [-0.25, -0.2) is 8.42 Å². The first-order valence-electron chi connectivity index (χ1n) is 9.20. The summed E-state index contributed by atoms with van der Waals surface area (Å²) in [6.45, 7) is 2.45. The molecule has 0 heterocycles. The van der Waals surface area contributed by atoms with E-state index in [1.54, 1.807) is 24.3 Å². The van der Waals surface area contributed by atoms with E-state index in [0.29, 0.717) is 11.4 Å². The molecule has 0 spiro atoms. The second-order valence-electron chi connectivity index (χ2n) is 6.53. The second-order valence-corrected chi connectivity index (χ2v) is 8.59. The summed E-state index contributed by atoms with van der Waals surface area (Å²) < 4.78 is 33.5. The number of rotatable bonds is 8. The maximum atomic E-state index is 12.8. The number of ether oxygens (including phenoxy) is 1. The largest absolute Gasteiger partial charge is 0.492 e. The third-order valence-corrected chi connectivity index (χ3v) is 6.05. The number of carbonyl (C=O) groups is 1. The number of benzene rings is 3. The van der Waals surface area contributed by atoms with Crippen LogP contribution in [0.15, 0.2) is 77.7 Å². The van der Waals surface area contributed by atoms with Crippen molar-refractivity contribution in [2.75, 3.05) is 17.9 Å². The molecule has 6 nitrogen and oxygen atoms in total. The number of hydrogen-bond acceptors (Lipinski definition) is 4. The van der Waals surface area contributed by atoms with Crippen LogP contribution >= 0.6 is 11.6 Å². The maximum Gasteiger partial charge on any atom is 0.263 e. The fourth-order valence-corrected chi connectivity index (χ4v) is 4.22. The second kappa shape index (κ2) is 9.65. The van der Waals surface area contributed by atoms with Gasteiger partial charge >= 0.3 is 0 Å². The Bertz CT molecular complexity index is 1120. The van der Waals surface area contributed by atoms with Crippen molar-refractivity contribution in [3.8, 4) is 5.75 Å². The van der Waals surface area contributed by atoms with Gasteiger partial charge in [-0.2, -0.15) is 0 Å². The first kappa shape index (κ1) is 21.7. The Morgan fingerprint density at radius 1 is 1.00 bits per heavy atom. The van der Waals surface area contributed by atoms with Gasteiger partial charge in [-0.15, -0.1) is 0 Å². The zero-order chi connectivity index (χ0) is 21.6. The van der Waals surface area contributed by atoms with Crippen molar-refractivity contribution in [3.63, 3.8) is 0 Å². The van der Waals surface area contributed by atoms with Gasteiger partial charge in [0, 0.05) is 11.3 Å². The number of hydrogen-bond donors (Lipinski definition) is 2. The molecule has 30 heavy (non-hydrogen) atoms. The van der Waals surface area contributed by atoms with Crippen molar-refractivity contribution in [1.82, 2.24) is 5.32 Å². The number of halogens is 1. The normalized spacial score (nSPS) is 11.0.